The molecule has 0 saturated heterocycles. The highest BCUT2D eigenvalue weighted by Crippen LogP contribution is 2.68. The highest BCUT2D eigenvalue weighted by molar-refractivity contribution is 7.46. The van der Waals surface area contributed by atoms with Crippen molar-refractivity contribution >= 4 is 13.6 Å². The molecule has 0 aliphatic heterocycles. The third-order valence-corrected chi connectivity index (χ3v) is 11.3. The quantitative estimate of drug-likeness (QED) is 0.264. The van der Waals surface area contributed by atoms with Crippen LogP contribution in [0.1, 0.15) is 86.0 Å². The molecule has 0 amide bonds. The number of fused-ring (bicyclic) bond motifs is 5. The average Bonchev–Trinajstić information content (AvgIpc) is 3.03. The number of phosphoric ester groups is 1. The molecule has 37 heavy (non-hydrogen) atoms. The van der Waals surface area contributed by atoms with Crippen molar-refractivity contribution in [3.63, 3.8) is 0 Å². The van der Waals surface area contributed by atoms with Crippen LogP contribution in [0.5, 0.6) is 0 Å². The summed E-state index contributed by atoms with van der Waals surface area (Å²) >= 11 is 0. The SMILES string of the molecule is CC([C@H](O)CCC(C)(C)O)[C@H]1CC[C@@]2(O)C3=CC(=O)C4C[C@@H](OP(=O)(O)O)[C@@H](O)C[C@]4(C)C3CC[C@]12C. The zero-order valence-corrected chi connectivity index (χ0v) is 23.5. The molecule has 0 heterocycles. The fourth-order valence-corrected chi connectivity index (χ4v) is 9.14. The van der Waals surface area contributed by atoms with Crippen molar-refractivity contribution in [3.8, 4) is 0 Å². The Balaban J connectivity index is 1.61. The maximum Gasteiger partial charge on any atom is 0.469 e. The van der Waals surface area contributed by atoms with Gasteiger partial charge in [-0.15, -0.1) is 0 Å². The Hall–Kier alpha value is -0.640. The molecule has 0 aromatic heterocycles. The highest BCUT2D eigenvalue weighted by atomic mass is 31.2. The molecule has 0 aromatic rings. The van der Waals surface area contributed by atoms with Crippen LogP contribution < -0.4 is 0 Å². The third kappa shape index (κ3) is 5.04. The van der Waals surface area contributed by atoms with Crippen molar-refractivity contribution in [2.75, 3.05) is 0 Å². The fraction of sp³-hybridized carbons (Fsp3) is 0.889. The molecule has 6 N–H and O–H groups in total. The van der Waals surface area contributed by atoms with E-state index in [1.807, 2.05) is 13.8 Å². The number of ketones is 1. The number of hydrogen-bond acceptors (Lipinski definition) is 7. The van der Waals surface area contributed by atoms with Crippen LogP contribution in [0.2, 0.25) is 0 Å². The standard InChI is InChI=1S/C27H45O9P/c1-15(20(28)8-9-24(2,3)31)16-7-11-27(32)18-12-21(29)19-13-23(36-37(33,34)35)22(30)14-25(19,4)17(18)6-10-26(16,27)5/h12,15-17,19-20,22-23,28,30-32H,6-11,13-14H2,1-5H3,(H2,33,34,35)/t15?,16-,17?,19?,20-,22+,23-,25-,26-,27-/m1/s1. The van der Waals surface area contributed by atoms with Gasteiger partial charge in [0.1, 0.15) is 0 Å². The van der Waals surface area contributed by atoms with Crippen LogP contribution in [0.15, 0.2) is 11.6 Å². The Morgan fingerprint density at radius 1 is 1.19 bits per heavy atom. The van der Waals surface area contributed by atoms with Gasteiger partial charge < -0.3 is 30.2 Å². The first kappa shape index (κ1) is 29.3. The largest absolute Gasteiger partial charge is 0.469 e. The smallest absolute Gasteiger partial charge is 0.393 e. The first-order chi connectivity index (χ1) is 16.8. The summed E-state index contributed by atoms with van der Waals surface area (Å²) in [5.74, 6) is -0.959. The zero-order valence-electron chi connectivity index (χ0n) is 22.6. The molecule has 0 spiro atoms. The number of carbonyl (C=O) groups is 1. The Morgan fingerprint density at radius 2 is 1.84 bits per heavy atom. The second-order valence-electron chi connectivity index (χ2n) is 13.5. The van der Waals surface area contributed by atoms with E-state index in [0.29, 0.717) is 44.1 Å². The number of aliphatic hydroxyl groups is 4. The predicted octanol–water partition coefficient (Wildman–Crippen LogP) is 2.86. The molecular weight excluding hydrogens is 499 g/mol. The zero-order chi connectivity index (χ0) is 27.8. The van der Waals surface area contributed by atoms with E-state index in [-0.39, 0.29) is 36.4 Å². The van der Waals surface area contributed by atoms with E-state index >= 15 is 0 Å². The summed E-state index contributed by atoms with van der Waals surface area (Å²) in [6.45, 7) is 9.49. The van der Waals surface area contributed by atoms with Crippen molar-refractivity contribution in [1.82, 2.24) is 0 Å². The number of allylic oxidation sites excluding steroid dienone is 1. The third-order valence-electron chi connectivity index (χ3n) is 10.7. The Labute approximate surface area is 219 Å². The van der Waals surface area contributed by atoms with Crippen LogP contribution in [0, 0.1) is 34.5 Å². The molecule has 3 unspecified atom stereocenters. The fourth-order valence-electron chi connectivity index (χ4n) is 8.56. The van der Waals surface area contributed by atoms with Gasteiger partial charge in [-0.05, 0) is 100 Å². The van der Waals surface area contributed by atoms with Crippen LogP contribution in [0.3, 0.4) is 0 Å². The minimum absolute atomic E-state index is 0.0185. The normalized spacial score (nSPS) is 43.9. The van der Waals surface area contributed by atoms with Crippen molar-refractivity contribution < 1.29 is 44.1 Å². The van der Waals surface area contributed by atoms with E-state index in [0.717, 1.165) is 0 Å². The van der Waals surface area contributed by atoms with E-state index in [9.17, 15) is 39.6 Å². The van der Waals surface area contributed by atoms with Gasteiger partial charge in [0.15, 0.2) is 5.78 Å². The number of phosphoric acid groups is 1. The first-order valence-corrected chi connectivity index (χ1v) is 15.2. The van der Waals surface area contributed by atoms with Gasteiger partial charge >= 0.3 is 7.82 Å². The van der Waals surface area contributed by atoms with Crippen LogP contribution in [0.25, 0.3) is 0 Å². The molecule has 4 aliphatic carbocycles. The molecule has 4 aliphatic rings. The van der Waals surface area contributed by atoms with Crippen LogP contribution in [-0.2, 0) is 13.9 Å². The van der Waals surface area contributed by atoms with Gasteiger partial charge in [-0.1, -0.05) is 20.8 Å². The Kier molecular flexibility index (Phi) is 7.52. The van der Waals surface area contributed by atoms with Gasteiger partial charge in [0.25, 0.3) is 0 Å². The van der Waals surface area contributed by atoms with E-state index < -0.39 is 54.1 Å². The molecule has 3 fully saturated rings. The van der Waals surface area contributed by atoms with Gasteiger partial charge in [0.2, 0.25) is 0 Å². The van der Waals surface area contributed by atoms with Crippen LogP contribution in [-0.4, -0.2) is 65.5 Å². The minimum atomic E-state index is -4.82. The maximum absolute atomic E-state index is 13.5. The number of aliphatic hydroxyl groups excluding tert-OH is 2. The number of hydrogen-bond donors (Lipinski definition) is 6. The molecule has 4 rings (SSSR count). The van der Waals surface area contributed by atoms with E-state index in [1.165, 1.54) is 0 Å². The highest BCUT2D eigenvalue weighted by Gasteiger charge is 2.67. The van der Waals surface area contributed by atoms with Gasteiger partial charge in [-0.25, -0.2) is 4.57 Å². The summed E-state index contributed by atoms with van der Waals surface area (Å²) in [5, 5.41) is 44.2. The van der Waals surface area contributed by atoms with Gasteiger partial charge in [-0.3, -0.25) is 9.32 Å². The second kappa shape index (κ2) is 9.48. The lowest BCUT2D eigenvalue weighted by Gasteiger charge is -2.60. The summed E-state index contributed by atoms with van der Waals surface area (Å²) in [6.07, 6.45) is 2.42. The van der Waals surface area contributed by atoms with Gasteiger partial charge in [0.05, 0.1) is 29.5 Å². The number of rotatable bonds is 7. The molecule has 0 radical (unpaired) electrons. The topological polar surface area (TPSA) is 165 Å². The maximum atomic E-state index is 13.5. The van der Waals surface area contributed by atoms with Crippen molar-refractivity contribution in [1.29, 1.82) is 0 Å². The molecule has 212 valence electrons. The Morgan fingerprint density at radius 3 is 2.43 bits per heavy atom. The van der Waals surface area contributed by atoms with Crippen molar-refractivity contribution in [2.45, 2.75) is 115 Å². The molecule has 3 saturated carbocycles. The predicted molar refractivity (Wildman–Crippen MR) is 136 cm³/mol. The van der Waals surface area contributed by atoms with E-state index in [4.69, 9.17) is 4.52 Å². The average molecular weight is 545 g/mol. The Bertz CT molecular complexity index is 985. The van der Waals surface area contributed by atoms with E-state index in [1.54, 1.807) is 19.9 Å². The summed E-state index contributed by atoms with van der Waals surface area (Å²) in [7, 11) is -4.82. The summed E-state index contributed by atoms with van der Waals surface area (Å²) in [6, 6.07) is 0. The monoisotopic (exact) mass is 544 g/mol. The molecule has 0 aromatic carbocycles. The summed E-state index contributed by atoms with van der Waals surface area (Å²) in [5.41, 5.74) is -2.56. The van der Waals surface area contributed by atoms with Crippen LogP contribution >= 0.6 is 7.82 Å². The van der Waals surface area contributed by atoms with Gasteiger partial charge in [0, 0.05) is 11.3 Å². The lowest BCUT2D eigenvalue weighted by molar-refractivity contribution is -0.153. The molecule has 0 bridgehead atoms. The summed E-state index contributed by atoms with van der Waals surface area (Å²) < 4.78 is 16.3. The lowest BCUT2D eigenvalue weighted by Crippen LogP contribution is -2.61. The van der Waals surface area contributed by atoms with E-state index in [2.05, 4.69) is 6.92 Å². The molecule has 9 nitrogen and oxygen atoms in total. The summed E-state index contributed by atoms with van der Waals surface area (Å²) in [4.78, 5) is 32.0. The molecule has 10 atom stereocenters. The molecule has 10 heteroatoms. The van der Waals surface area contributed by atoms with Crippen molar-refractivity contribution in [3.05, 3.63) is 11.6 Å². The first-order valence-electron chi connectivity index (χ1n) is 13.6. The van der Waals surface area contributed by atoms with Crippen LogP contribution in [0.4, 0.5) is 0 Å². The molecular formula is C27H45O9P. The lowest BCUT2D eigenvalue weighted by atomic mass is 9.46. The van der Waals surface area contributed by atoms with Gasteiger partial charge in [-0.2, -0.15) is 0 Å². The second-order valence-corrected chi connectivity index (χ2v) is 14.7. The number of carbonyl (C=O) groups excluding carboxylic acids is 1. The minimum Gasteiger partial charge on any atom is -0.393 e. The van der Waals surface area contributed by atoms with Crippen molar-refractivity contribution in [2.24, 2.45) is 34.5 Å².